The van der Waals surface area contributed by atoms with Gasteiger partial charge in [-0.2, -0.15) is 10.2 Å². The molecule has 5 rings (SSSR count). The number of hydrogen-bond donors (Lipinski definition) is 1. The molecule has 0 unspecified atom stereocenters. The number of fused-ring (bicyclic) bond motifs is 1. The van der Waals surface area contributed by atoms with E-state index in [1.54, 1.807) is 9.36 Å². The number of nitrogens with one attached hydrogen (secondary N) is 1. The fraction of sp³-hybridized carbons (Fsp3) is 0.273. The Morgan fingerprint density at radius 2 is 1.94 bits per heavy atom. The topological polar surface area (TPSA) is 77.6 Å². The number of carbonyl (C=O) groups is 1. The summed E-state index contributed by atoms with van der Waals surface area (Å²) in [6.07, 6.45) is 6.09. The van der Waals surface area contributed by atoms with Crippen molar-refractivity contribution in [1.29, 1.82) is 0 Å². The van der Waals surface area contributed by atoms with Crippen molar-refractivity contribution in [3.8, 4) is 0 Å². The van der Waals surface area contributed by atoms with E-state index in [2.05, 4.69) is 58.4 Å². The molecular formula is C22H20Br2N6O. The molecule has 0 saturated heterocycles. The van der Waals surface area contributed by atoms with Gasteiger partial charge in [0.05, 0.1) is 16.7 Å². The van der Waals surface area contributed by atoms with Crippen LogP contribution in [0.4, 0.5) is 5.82 Å². The van der Waals surface area contributed by atoms with Crippen LogP contribution >= 0.6 is 31.9 Å². The van der Waals surface area contributed by atoms with Crippen LogP contribution in [-0.2, 0) is 17.9 Å². The third-order valence-corrected chi connectivity index (χ3v) is 6.49. The molecule has 1 aliphatic rings. The highest BCUT2D eigenvalue weighted by Gasteiger charge is 2.27. The van der Waals surface area contributed by atoms with Crippen LogP contribution in [0.2, 0.25) is 0 Å². The minimum atomic E-state index is -0.197. The zero-order valence-corrected chi connectivity index (χ0v) is 20.0. The summed E-state index contributed by atoms with van der Waals surface area (Å²) in [6, 6.07) is 10.1. The summed E-state index contributed by atoms with van der Waals surface area (Å²) in [6.45, 7) is 2.67. The van der Waals surface area contributed by atoms with Crippen molar-refractivity contribution in [2.45, 2.75) is 38.8 Å². The van der Waals surface area contributed by atoms with Gasteiger partial charge >= 0.3 is 0 Å². The normalized spacial score (nSPS) is 13.6. The lowest BCUT2D eigenvalue weighted by Crippen LogP contribution is -2.20. The van der Waals surface area contributed by atoms with Gasteiger partial charge in [-0.1, -0.05) is 28.1 Å². The molecule has 4 aromatic rings. The summed E-state index contributed by atoms with van der Waals surface area (Å²) in [4.78, 5) is 17.2. The summed E-state index contributed by atoms with van der Waals surface area (Å²) < 4.78 is 5.23. The van der Waals surface area contributed by atoms with Crippen LogP contribution < -0.4 is 5.32 Å². The largest absolute Gasteiger partial charge is 0.307 e. The second kappa shape index (κ2) is 8.20. The molecule has 0 radical (unpaired) electrons. The zero-order chi connectivity index (χ0) is 21.5. The Kier molecular flexibility index (Phi) is 5.39. The Labute approximate surface area is 196 Å². The molecule has 0 bridgehead atoms. The van der Waals surface area contributed by atoms with Gasteiger partial charge in [0.15, 0.2) is 11.5 Å². The molecule has 9 heteroatoms. The predicted octanol–water partition coefficient (Wildman–Crippen LogP) is 5.03. The first-order valence-electron chi connectivity index (χ1n) is 10.1. The quantitative estimate of drug-likeness (QED) is 0.370. The van der Waals surface area contributed by atoms with Gasteiger partial charge in [-0.25, -0.2) is 9.67 Å². The molecule has 1 fully saturated rings. The fourth-order valence-electron chi connectivity index (χ4n) is 3.80. The summed E-state index contributed by atoms with van der Waals surface area (Å²) >= 11 is 6.93. The van der Waals surface area contributed by atoms with Gasteiger partial charge in [0.2, 0.25) is 5.91 Å². The Morgan fingerprint density at radius 1 is 1.16 bits per heavy atom. The highest BCUT2D eigenvalue weighted by molar-refractivity contribution is 9.10. The van der Waals surface area contributed by atoms with Gasteiger partial charge in [-0.15, -0.1) is 0 Å². The molecule has 158 valence electrons. The molecule has 1 amide bonds. The number of anilines is 1. The predicted molar refractivity (Wildman–Crippen MR) is 126 cm³/mol. The SMILES string of the molecule is Cc1nn(CC(=O)Nc2nn(Cc3ccc(Br)cc3)cc2Br)c2nccc(C3CC3)c12. The number of amides is 1. The van der Waals surface area contributed by atoms with Crippen molar-refractivity contribution in [3.63, 3.8) is 0 Å². The molecule has 1 aliphatic carbocycles. The summed E-state index contributed by atoms with van der Waals surface area (Å²) in [5, 5.41) is 13.1. The van der Waals surface area contributed by atoms with Crippen LogP contribution in [0.1, 0.15) is 35.6 Å². The average molecular weight is 544 g/mol. The monoisotopic (exact) mass is 542 g/mol. The van der Waals surface area contributed by atoms with E-state index in [4.69, 9.17) is 0 Å². The lowest BCUT2D eigenvalue weighted by Gasteiger charge is -2.05. The van der Waals surface area contributed by atoms with Crippen molar-refractivity contribution in [1.82, 2.24) is 24.5 Å². The van der Waals surface area contributed by atoms with E-state index in [0.717, 1.165) is 31.2 Å². The first-order valence-corrected chi connectivity index (χ1v) is 11.7. The number of hydrogen-bond acceptors (Lipinski definition) is 4. The minimum Gasteiger partial charge on any atom is -0.307 e. The smallest absolute Gasteiger partial charge is 0.247 e. The van der Waals surface area contributed by atoms with Gasteiger partial charge in [-0.05, 0) is 70.9 Å². The zero-order valence-electron chi connectivity index (χ0n) is 16.8. The Morgan fingerprint density at radius 3 is 2.68 bits per heavy atom. The molecular weight excluding hydrogens is 524 g/mol. The Bertz CT molecular complexity index is 1270. The maximum absolute atomic E-state index is 12.7. The molecule has 1 aromatic carbocycles. The number of pyridine rings is 1. The van der Waals surface area contributed by atoms with Crippen molar-refractivity contribution in [2.75, 3.05) is 5.32 Å². The number of nitrogens with zero attached hydrogens (tertiary/aromatic N) is 5. The van der Waals surface area contributed by atoms with Gasteiger partial charge in [0.25, 0.3) is 0 Å². The highest BCUT2D eigenvalue weighted by Crippen LogP contribution is 2.43. The number of benzene rings is 1. The Hall–Kier alpha value is -2.52. The number of aryl methyl sites for hydroxylation is 1. The lowest BCUT2D eigenvalue weighted by molar-refractivity contribution is -0.116. The molecule has 3 heterocycles. The number of aromatic nitrogens is 5. The first kappa shape index (κ1) is 20.4. The van der Waals surface area contributed by atoms with Crippen LogP contribution in [0.15, 0.2) is 51.7 Å². The van der Waals surface area contributed by atoms with Gasteiger partial charge in [0.1, 0.15) is 6.54 Å². The second-order valence-corrected chi connectivity index (χ2v) is 9.58. The van der Waals surface area contributed by atoms with Crippen molar-refractivity contribution < 1.29 is 4.79 Å². The fourth-order valence-corrected chi connectivity index (χ4v) is 4.48. The standard InChI is InChI=1S/C22H20Br2N6O/c1-13-20-17(15-4-5-15)8-9-25-22(20)30(27-13)12-19(31)26-21-18(24)11-29(28-21)10-14-2-6-16(23)7-3-14/h2-3,6-9,11,15H,4-5,10,12H2,1H3,(H,26,28,31). The van der Waals surface area contributed by atoms with Crippen LogP contribution in [0.5, 0.6) is 0 Å². The molecule has 31 heavy (non-hydrogen) atoms. The van der Waals surface area contributed by atoms with E-state index in [1.165, 1.54) is 18.4 Å². The third-order valence-electron chi connectivity index (χ3n) is 5.38. The summed E-state index contributed by atoms with van der Waals surface area (Å²) in [5.74, 6) is 0.890. The lowest BCUT2D eigenvalue weighted by atomic mass is 10.1. The first-order chi connectivity index (χ1) is 15.0. The minimum absolute atomic E-state index is 0.0808. The second-order valence-electron chi connectivity index (χ2n) is 7.81. The maximum Gasteiger partial charge on any atom is 0.247 e. The molecule has 7 nitrogen and oxygen atoms in total. The van der Waals surface area contributed by atoms with E-state index in [9.17, 15) is 4.79 Å². The van der Waals surface area contributed by atoms with Crippen molar-refractivity contribution in [2.24, 2.45) is 0 Å². The molecule has 1 N–H and O–H groups in total. The third kappa shape index (κ3) is 4.29. The van der Waals surface area contributed by atoms with E-state index >= 15 is 0 Å². The van der Waals surface area contributed by atoms with Crippen LogP contribution in [-0.4, -0.2) is 30.5 Å². The van der Waals surface area contributed by atoms with Crippen LogP contribution in [0, 0.1) is 6.92 Å². The van der Waals surface area contributed by atoms with Crippen LogP contribution in [0.25, 0.3) is 11.0 Å². The van der Waals surface area contributed by atoms with E-state index < -0.39 is 0 Å². The molecule has 0 spiro atoms. The van der Waals surface area contributed by atoms with Crippen molar-refractivity contribution >= 4 is 54.6 Å². The van der Waals surface area contributed by atoms with Crippen LogP contribution in [0.3, 0.4) is 0 Å². The summed E-state index contributed by atoms with van der Waals surface area (Å²) in [5.41, 5.74) is 4.09. The van der Waals surface area contributed by atoms with Gasteiger partial charge in [0, 0.05) is 22.3 Å². The number of rotatable bonds is 6. The molecule has 0 aliphatic heterocycles. The van der Waals surface area contributed by atoms with Gasteiger partial charge < -0.3 is 5.32 Å². The summed E-state index contributed by atoms with van der Waals surface area (Å²) in [7, 11) is 0. The van der Waals surface area contributed by atoms with E-state index in [-0.39, 0.29) is 12.5 Å². The molecule has 1 saturated carbocycles. The Balaban J connectivity index is 1.31. The van der Waals surface area contributed by atoms with Crippen molar-refractivity contribution in [3.05, 3.63) is 68.5 Å². The molecule has 3 aromatic heterocycles. The van der Waals surface area contributed by atoms with Gasteiger partial charge in [-0.3, -0.25) is 9.48 Å². The average Bonchev–Trinajstić information content (AvgIpc) is 3.47. The maximum atomic E-state index is 12.7. The van der Waals surface area contributed by atoms with E-state index in [1.807, 2.05) is 43.6 Å². The van der Waals surface area contributed by atoms with E-state index in [0.29, 0.717) is 18.3 Å². The molecule has 0 atom stereocenters. The highest BCUT2D eigenvalue weighted by atomic mass is 79.9. The number of halogens is 2. The number of carbonyl (C=O) groups excluding carboxylic acids is 1.